The third-order valence-corrected chi connectivity index (χ3v) is 5.43. The van der Waals surface area contributed by atoms with Gasteiger partial charge in [-0.05, 0) is 44.5 Å². The summed E-state index contributed by atoms with van der Waals surface area (Å²) in [4.78, 5) is 14.6. The van der Waals surface area contributed by atoms with Crippen molar-refractivity contribution >= 4 is 21.6 Å². The minimum atomic E-state index is -3.35. The number of likely N-dealkylation sites (tertiary alicyclic amines) is 1. The molecule has 0 aromatic heterocycles. The van der Waals surface area contributed by atoms with Gasteiger partial charge < -0.3 is 10.2 Å². The van der Waals surface area contributed by atoms with E-state index in [1.165, 1.54) is 0 Å². The first-order chi connectivity index (χ1) is 11.0. The Morgan fingerprint density at radius 2 is 2.17 bits per heavy atom. The number of nitrogens with one attached hydrogen (secondary N) is 2. The van der Waals surface area contributed by atoms with E-state index in [1.54, 1.807) is 24.3 Å². The smallest absolute Gasteiger partial charge is 0.254 e. The number of carbonyl (C=O) groups excluding carboxylic acids is 1. The van der Waals surface area contributed by atoms with Gasteiger partial charge in [-0.3, -0.25) is 9.52 Å². The number of amides is 1. The molecule has 1 fully saturated rings. The normalized spacial score (nSPS) is 18.2. The summed E-state index contributed by atoms with van der Waals surface area (Å²) >= 11 is 0. The van der Waals surface area contributed by atoms with Crippen molar-refractivity contribution < 1.29 is 13.2 Å². The number of nitrogens with zero attached hydrogens (tertiary/aromatic N) is 1. The van der Waals surface area contributed by atoms with Gasteiger partial charge in [0.25, 0.3) is 5.91 Å². The molecule has 128 valence electrons. The van der Waals surface area contributed by atoms with E-state index in [0.29, 0.717) is 17.7 Å². The van der Waals surface area contributed by atoms with Gasteiger partial charge in [0, 0.05) is 30.4 Å². The van der Waals surface area contributed by atoms with E-state index in [0.717, 1.165) is 25.9 Å². The third-order valence-electron chi connectivity index (χ3n) is 3.93. The fraction of sp³-hybridized carbons (Fsp3) is 0.562. The molecule has 1 aromatic carbocycles. The molecule has 0 spiro atoms. The zero-order chi connectivity index (χ0) is 16.9. The van der Waals surface area contributed by atoms with Gasteiger partial charge in [0.05, 0.1) is 5.75 Å². The maximum Gasteiger partial charge on any atom is 0.254 e. The lowest BCUT2D eigenvalue weighted by Crippen LogP contribution is -2.40. The van der Waals surface area contributed by atoms with E-state index in [4.69, 9.17) is 0 Å². The van der Waals surface area contributed by atoms with E-state index >= 15 is 0 Å². The average Bonchev–Trinajstić information content (AvgIpc) is 2.95. The maximum absolute atomic E-state index is 12.7. The Morgan fingerprint density at radius 3 is 2.87 bits per heavy atom. The number of sulfonamides is 1. The van der Waals surface area contributed by atoms with Crippen LogP contribution in [0.25, 0.3) is 0 Å². The SMILES string of the molecule is CCCS(=O)(=O)Nc1cccc(C(=O)N2CCCC2CNC)c1. The van der Waals surface area contributed by atoms with Crippen LogP contribution in [0, 0.1) is 0 Å². The number of rotatable bonds is 7. The summed E-state index contributed by atoms with van der Waals surface area (Å²) in [6, 6.07) is 6.92. The summed E-state index contributed by atoms with van der Waals surface area (Å²) in [5.41, 5.74) is 0.957. The van der Waals surface area contributed by atoms with Crippen LogP contribution in [0.15, 0.2) is 24.3 Å². The number of hydrogen-bond donors (Lipinski definition) is 2. The summed E-state index contributed by atoms with van der Waals surface area (Å²) in [6.45, 7) is 3.33. The van der Waals surface area contributed by atoms with Crippen molar-refractivity contribution in [1.82, 2.24) is 10.2 Å². The second kappa shape index (κ2) is 7.79. The van der Waals surface area contributed by atoms with Crippen molar-refractivity contribution in [2.75, 3.05) is 30.6 Å². The van der Waals surface area contributed by atoms with Gasteiger partial charge in [0.1, 0.15) is 0 Å². The van der Waals surface area contributed by atoms with Crippen molar-refractivity contribution in [2.45, 2.75) is 32.2 Å². The quantitative estimate of drug-likeness (QED) is 0.792. The lowest BCUT2D eigenvalue weighted by atomic mass is 10.1. The Hall–Kier alpha value is -1.60. The highest BCUT2D eigenvalue weighted by atomic mass is 32.2. The molecule has 1 saturated heterocycles. The van der Waals surface area contributed by atoms with Crippen LogP contribution in [0.2, 0.25) is 0 Å². The first-order valence-corrected chi connectivity index (χ1v) is 9.68. The topological polar surface area (TPSA) is 78.5 Å². The summed E-state index contributed by atoms with van der Waals surface area (Å²) in [6.07, 6.45) is 2.55. The molecule has 23 heavy (non-hydrogen) atoms. The summed E-state index contributed by atoms with van der Waals surface area (Å²) < 4.78 is 26.3. The molecule has 0 saturated carbocycles. The molecule has 2 N–H and O–H groups in total. The van der Waals surface area contributed by atoms with E-state index < -0.39 is 10.0 Å². The first-order valence-electron chi connectivity index (χ1n) is 8.03. The van der Waals surface area contributed by atoms with Crippen LogP contribution < -0.4 is 10.0 Å². The highest BCUT2D eigenvalue weighted by Crippen LogP contribution is 2.21. The van der Waals surface area contributed by atoms with Crippen molar-refractivity contribution in [3.05, 3.63) is 29.8 Å². The Bertz CT molecular complexity index is 646. The van der Waals surface area contributed by atoms with Crippen molar-refractivity contribution in [3.63, 3.8) is 0 Å². The molecule has 1 amide bonds. The Balaban J connectivity index is 2.14. The van der Waals surface area contributed by atoms with E-state index in [2.05, 4.69) is 10.0 Å². The molecule has 0 radical (unpaired) electrons. The highest BCUT2D eigenvalue weighted by molar-refractivity contribution is 7.92. The van der Waals surface area contributed by atoms with Gasteiger partial charge in [0.2, 0.25) is 10.0 Å². The molecule has 1 unspecified atom stereocenters. The van der Waals surface area contributed by atoms with Crippen LogP contribution in [0.5, 0.6) is 0 Å². The highest BCUT2D eigenvalue weighted by Gasteiger charge is 2.28. The van der Waals surface area contributed by atoms with Crippen LogP contribution in [0.4, 0.5) is 5.69 Å². The Kier molecular flexibility index (Phi) is 6.01. The van der Waals surface area contributed by atoms with Crippen LogP contribution in [0.1, 0.15) is 36.5 Å². The largest absolute Gasteiger partial charge is 0.334 e. The minimum Gasteiger partial charge on any atom is -0.334 e. The van der Waals surface area contributed by atoms with Gasteiger partial charge in [-0.25, -0.2) is 8.42 Å². The number of benzene rings is 1. The lowest BCUT2D eigenvalue weighted by Gasteiger charge is -2.24. The molecule has 1 aliphatic rings. The fourth-order valence-electron chi connectivity index (χ4n) is 2.93. The molecule has 1 atom stereocenters. The lowest BCUT2D eigenvalue weighted by molar-refractivity contribution is 0.0737. The Labute approximate surface area is 138 Å². The zero-order valence-corrected chi connectivity index (χ0v) is 14.5. The van der Waals surface area contributed by atoms with Gasteiger partial charge in [0.15, 0.2) is 0 Å². The average molecular weight is 339 g/mol. The van der Waals surface area contributed by atoms with Crippen molar-refractivity contribution in [2.24, 2.45) is 0 Å². The molecule has 1 heterocycles. The predicted molar refractivity (Wildman–Crippen MR) is 92.1 cm³/mol. The molecular weight excluding hydrogens is 314 g/mol. The van der Waals surface area contributed by atoms with Gasteiger partial charge in [-0.2, -0.15) is 0 Å². The van der Waals surface area contributed by atoms with Gasteiger partial charge in [-0.15, -0.1) is 0 Å². The van der Waals surface area contributed by atoms with Crippen LogP contribution in [-0.4, -0.2) is 51.2 Å². The van der Waals surface area contributed by atoms with E-state index in [1.807, 2.05) is 18.9 Å². The Morgan fingerprint density at radius 1 is 1.39 bits per heavy atom. The molecule has 0 bridgehead atoms. The first kappa shape index (κ1) is 17.7. The molecule has 7 heteroatoms. The second-order valence-electron chi connectivity index (χ2n) is 5.85. The second-order valence-corrected chi connectivity index (χ2v) is 7.70. The maximum atomic E-state index is 12.7. The van der Waals surface area contributed by atoms with Crippen LogP contribution in [0.3, 0.4) is 0 Å². The zero-order valence-electron chi connectivity index (χ0n) is 13.7. The standard InChI is InChI=1S/C16H25N3O3S/c1-3-10-23(21,22)18-14-7-4-6-13(11-14)16(20)19-9-5-8-15(19)12-17-2/h4,6-7,11,15,17-18H,3,5,8-10,12H2,1-2H3. The molecular formula is C16H25N3O3S. The molecule has 6 nitrogen and oxygen atoms in total. The number of carbonyl (C=O) groups is 1. The minimum absolute atomic E-state index is 0.0423. The summed E-state index contributed by atoms with van der Waals surface area (Å²) in [7, 11) is -1.47. The fourth-order valence-corrected chi connectivity index (χ4v) is 4.06. The summed E-state index contributed by atoms with van der Waals surface area (Å²) in [5.74, 6) is 0.0287. The molecule has 0 aliphatic carbocycles. The molecule has 1 aliphatic heterocycles. The predicted octanol–water partition coefficient (Wildman–Crippen LogP) is 1.66. The third kappa shape index (κ3) is 4.68. The van der Waals surface area contributed by atoms with E-state index in [-0.39, 0.29) is 17.7 Å². The summed E-state index contributed by atoms with van der Waals surface area (Å²) in [5, 5.41) is 3.12. The van der Waals surface area contributed by atoms with Crippen molar-refractivity contribution in [3.8, 4) is 0 Å². The van der Waals surface area contributed by atoms with Crippen molar-refractivity contribution in [1.29, 1.82) is 0 Å². The van der Waals surface area contributed by atoms with Crippen LogP contribution in [-0.2, 0) is 10.0 Å². The van der Waals surface area contributed by atoms with Gasteiger partial charge >= 0.3 is 0 Å². The monoisotopic (exact) mass is 339 g/mol. The molecule has 2 rings (SSSR count). The number of likely N-dealkylation sites (N-methyl/N-ethyl adjacent to an activating group) is 1. The number of anilines is 1. The molecule has 1 aromatic rings. The number of hydrogen-bond acceptors (Lipinski definition) is 4. The van der Waals surface area contributed by atoms with Crippen LogP contribution >= 0.6 is 0 Å². The van der Waals surface area contributed by atoms with E-state index in [9.17, 15) is 13.2 Å². The van der Waals surface area contributed by atoms with Gasteiger partial charge in [-0.1, -0.05) is 13.0 Å².